The van der Waals surface area contributed by atoms with Gasteiger partial charge >= 0.3 is 5.97 Å². The highest BCUT2D eigenvalue weighted by Crippen LogP contribution is 2.34. The Hall–Kier alpha value is -2.16. The molecule has 1 rings (SSSR count). The van der Waals surface area contributed by atoms with Crippen molar-refractivity contribution in [2.45, 2.75) is 6.43 Å². The Bertz CT molecular complexity index is 466. The van der Waals surface area contributed by atoms with Gasteiger partial charge in [0, 0.05) is 0 Å². The lowest BCUT2D eigenvalue weighted by molar-refractivity contribution is 0.0587. The zero-order valence-corrected chi connectivity index (χ0v) is 8.20. The van der Waals surface area contributed by atoms with E-state index in [-0.39, 0.29) is 5.56 Å². The average Bonchev–Trinajstić information content (AvgIpc) is 2.26. The van der Waals surface area contributed by atoms with Gasteiger partial charge in [0.2, 0.25) is 0 Å². The van der Waals surface area contributed by atoms with Gasteiger partial charge < -0.3 is 9.84 Å². The third-order valence-electron chi connectivity index (χ3n) is 1.96. The molecule has 0 aromatic heterocycles. The summed E-state index contributed by atoms with van der Waals surface area (Å²) in [7, 11) is 1.03. The molecule has 0 radical (unpaired) electrons. The van der Waals surface area contributed by atoms with E-state index in [1.54, 1.807) is 0 Å². The smallest absolute Gasteiger partial charge is 0.338 e. The number of methoxy groups -OCH3 is 1. The van der Waals surface area contributed by atoms with E-state index in [0.717, 1.165) is 19.2 Å². The molecule has 1 aromatic rings. The van der Waals surface area contributed by atoms with Crippen molar-refractivity contribution in [1.82, 2.24) is 0 Å². The number of nitrogens with zero attached hydrogens (tertiary/aromatic N) is 1. The van der Waals surface area contributed by atoms with Crippen LogP contribution in [-0.2, 0) is 4.74 Å². The zero-order chi connectivity index (χ0) is 12.3. The molecule has 6 heteroatoms. The van der Waals surface area contributed by atoms with E-state index in [0.29, 0.717) is 0 Å². The van der Waals surface area contributed by atoms with E-state index in [4.69, 9.17) is 5.26 Å². The van der Waals surface area contributed by atoms with Gasteiger partial charge in [0.05, 0.1) is 23.8 Å². The monoisotopic (exact) mass is 227 g/mol. The van der Waals surface area contributed by atoms with Gasteiger partial charge in [0.1, 0.15) is 11.8 Å². The standard InChI is InChI=1S/C10H7F2NO3/c1-16-10(15)6-3-2-5(4-13)8(14)7(6)9(11)12/h2-3,9,14H,1H3. The quantitative estimate of drug-likeness (QED) is 0.784. The lowest BCUT2D eigenvalue weighted by atomic mass is 10.0. The minimum Gasteiger partial charge on any atom is -0.506 e. The first-order chi connectivity index (χ1) is 7.52. The number of halogens is 2. The molecule has 0 fully saturated rings. The summed E-state index contributed by atoms with van der Waals surface area (Å²) in [5.41, 5.74) is -1.65. The fourth-order valence-electron chi connectivity index (χ4n) is 1.21. The highest BCUT2D eigenvalue weighted by atomic mass is 19.3. The summed E-state index contributed by atoms with van der Waals surface area (Å²) >= 11 is 0. The number of phenols is 1. The molecule has 0 spiro atoms. The second-order valence-electron chi connectivity index (χ2n) is 2.83. The van der Waals surface area contributed by atoms with Gasteiger partial charge in [0.15, 0.2) is 0 Å². The second kappa shape index (κ2) is 4.57. The largest absolute Gasteiger partial charge is 0.506 e. The Morgan fingerprint density at radius 1 is 1.56 bits per heavy atom. The van der Waals surface area contributed by atoms with Crippen LogP contribution in [0.1, 0.15) is 27.9 Å². The van der Waals surface area contributed by atoms with Crippen molar-refractivity contribution in [2.24, 2.45) is 0 Å². The molecule has 1 aromatic carbocycles. The first-order valence-electron chi connectivity index (χ1n) is 4.15. The van der Waals surface area contributed by atoms with Crippen molar-refractivity contribution >= 4 is 5.97 Å². The van der Waals surface area contributed by atoms with Crippen LogP contribution in [-0.4, -0.2) is 18.2 Å². The van der Waals surface area contributed by atoms with E-state index >= 15 is 0 Å². The topological polar surface area (TPSA) is 70.3 Å². The van der Waals surface area contributed by atoms with Crippen molar-refractivity contribution in [2.75, 3.05) is 7.11 Å². The first kappa shape index (κ1) is 11.9. The summed E-state index contributed by atoms with van der Waals surface area (Å²) in [6, 6.07) is 3.64. The van der Waals surface area contributed by atoms with Crippen LogP contribution in [0.4, 0.5) is 8.78 Å². The molecule has 0 aliphatic rings. The number of hydrogen-bond acceptors (Lipinski definition) is 4. The maximum atomic E-state index is 12.6. The van der Waals surface area contributed by atoms with Crippen molar-refractivity contribution in [3.05, 3.63) is 28.8 Å². The van der Waals surface area contributed by atoms with Crippen molar-refractivity contribution < 1.29 is 23.4 Å². The number of hydrogen-bond donors (Lipinski definition) is 1. The van der Waals surface area contributed by atoms with E-state index in [1.165, 1.54) is 6.07 Å². The number of nitriles is 1. The van der Waals surface area contributed by atoms with Gasteiger partial charge in [0.25, 0.3) is 6.43 Å². The normalized spacial score (nSPS) is 9.94. The van der Waals surface area contributed by atoms with Gasteiger partial charge in [-0.3, -0.25) is 0 Å². The summed E-state index contributed by atoms with van der Waals surface area (Å²) in [5.74, 6) is -1.88. The summed E-state index contributed by atoms with van der Waals surface area (Å²) in [4.78, 5) is 11.1. The first-order valence-corrected chi connectivity index (χ1v) is 4.15. The van der Waals surface area contributed by atoms with Crippen LogP contribution >= 0.6 is 0 Å². The number of benzene rings is 1. The molecule has 0 unspecified atom stereocenters. The predicted octanol–water partition coefficient (Wildman–Crippen LogP) is 1.99. The lowest BCUT2D eigenvalue weighted by Gasteiger charge is -2.09. The van der Waals surface area contributed by atoms with Crippen LogP contribution < -0.4 is 0 Å². The van der Waals surface area contributed by atoms with E-state index in [2.05, 4.69) is 4.74 Å². The van der Waals surface area contributed by atoms with Crippen molar-refractivity contribution in [1.29, 1.82) is 5.26 Å². The van der Waals surface area contributed by atoms with Crippen LogP contribution in [0.3, 0.4) is 0 Å². The van der Waals surface area contributed by atoms with E-state index in [9.17, 15) is 18.7 Å². The van der Waals surface area contributed by atoms with Crippen LogP contribution in [0.2, 0.25) is 0 Å². The van der Waals surface area contributed by atoms with Gasteiger partial charge in [-0.25, -0.2) is 13.6 Å². The molecule has 84 valence electrons. The fraction of sp³-hybridized carbons (Fsp3) is 0.200. The predicted molar refractivity (Wildman–Crippen MR) is 49.1 cm³/mol. The molecule has 0 saturated carbocycles. The SMILES string of the molecule is COC(=O)c1ccc(C#N)c(O)c1C(F)F. The molecule has 0 bridgehead atoms. The second-order valence-corrected chi connectivity index (χ2v) is 2.83. The highest BCUT2D eigenvalue weighted by molar-refractivity contribution is 5.92. The van der Waals surface area contributed by atoms with Crippen LogP contribution in [0.15, 0.2) is 12.1 Å². The summed E-state index contributed by atoms with van der Waals surface area (Å²) in [5, 5.41) is 17.9. The Morgan fingerprint density at radius 2 is 2.19 bits per heavy atom. The van der Waals surface area contributed by atoms with Crippen molar-refractivity contribution in [3.8, 4) is 11.8 Å². The van der Waals surface area contributed by atoms with E-state index in [1.807, 2.05) is 0 Å². The summed E-state index contributed by atoms with van der Waals surface area (Å²) < 4.78 is 29.5. The molecule has 16 heavy (non-hydrogen) atoms. The Balaban J connectivity index is 3.48. The molecule has 0 atom stereocenters. The van der Waals surface area contributed by atoms with Crippen LogP contribution in [0.25, 0.3) is 0 Å². The molecule has 4 nitrogen and oxygen atoms in total. The molecule has 0 aliphatic heterocycles. The van der Waals surface area contributed by atoms with E-state index < -0.39 is 29.3 Å². The maximum absolute atomic E-state index is 12.6. The van der Waals surface area contributed by atoms with Gasteiger partial charge in [-0.2, -0.15) is 5.26 Å². The van der Waals surface area contributed by atoms with Crippen molar-refractivity contribution in [3.63, 3.8) is 0 Å². The lowest BCUT2D eigenvalue weighted by Crippen LogP contribution is -2.07. The maximum Gasteiger partial charge on any atom is 0.338 e. The number of carbonyl (C=O) groups is 1. The van der Waals surface area contributed by atoms with Crippen LogP contribution in [0, 0.1) is 11.3 Å². The Labute approximate surface area is 89.7 Å². The fourth-order valence-corrected chi connectivity index (χ4v) is 1.21. The average molecular weight is 227 g/mol. The summed E-state index contributed by atoms with van der Waals surface area (Å²) in [6.45, 7) is 0. The number of alkyl halides is 2. The zero-order valence-electron chi connectivity index (χ0n) is 8.20. The molecule has 0 aliphatic carbocycles. The van der Waals surface area contributed by atoms with Gasteiger partial charge in [-0.15, -0.1) is 0 Å². The third-order valence-corrected chi connectivity index (χ3v) is 1.96. The number of phenolic OH excluding ortho intramolecular Hbond substituents is 1. The number of carbonyl (C=O) groups excluding carboxylic acids is 1. The molecule has 1 N–H and O–H groups in total. The van der Waals surface area contributed by atoms with Gasteiger partial charge in [-0.05, 0) is 12.1 Å². The molecule has 0 heterocycles. The Morgan fingerprint density at radius 3 is 2.62 bits per heavy atom. The molecular weight excluding hydrogens is 220 g/mol. The molecule has 0 amide bonds. The molecular formula is C10H7F2NO3. The number of esters is 1. The minimum absolute atomic E-state index is 0.317. The minimum atomic E-state index is -3.07. The molecule has 0 saturated heterocycles. The number of ether oxygens (including phenoxy) is 1. The Kier molecular flexibility index (Phi) is 3.40. The summed E-state index contributed by atoms with van der Waals surface area (Å²) in [6.07, 6.45) is -3.07. The number of rotatable bonds is 2. The highest BCUT2D eigenvalue weighted by Gasteiger charge is 2.24. The number of aromatic hydroxyl groups is 1. The van der Waals surface area contributed by atoms with Crippen LogP contribution in [0.5, 0.6) is 5.75 Å². The third kappa shape index (κ3) is 1.93. The van der Waals surface area contributed by atoms with Gasteiger partial charge in [-0.1, -0.05) is 0 Å².